The number of hydrogen-bond donors (Lipinski definition) is 2. The van der Waals surface area contributed by atoms with E-state index >= 15 is 0 Å². The van der Waals surface area contributed by atoms with E-state index in [4.69, 9.17) is 9.26 Å². The lowest BCUT2D eigenvalue weighted by atomic mass is 10.1. The molecule has 5 atom stereocenters. The minimum atomic E-state index is -1.78. The average Bonchev–Trinajstić information content (AvgIpc) is 2.58. The van der Waals surface area contributed by atoms with Crippen molar-refractivity contribution in [2.75, 3.05) is 6.61 Å². The topological polar surface area (TPSA) is 93.5 Å². The average molecular weight is 278 g/mol. The summed E-state index contributed by atoms with van der Waals surface area (Å²) in [5.41, 5.74) is -1.38. The summed E-state index contributed by atoms with van der Waals surface area (Å²) in [4.78, 5) is 24.4. The summed E-state index contributed by atoms with van der Waals surface area (Å²) >= 11 is 0. The fourth-order valence-electron chi connectivity index (χ4n) is 1.79. The zero-order valence-corrected chi connectivity index (χ0v) is 10.3. The van der Waals surface area contributed by atoms with Crippen molar-refractivity contribution in [1.29, 1.82) is 0 Å². The van der Waals surface area contributed by atoms with Gasteiger partial charge in [0.05, 0.1) is 6.61 Å². The molecule has 1 fully saturated rings. The van der Waals surface area contributed by atoms with Crippen LogP contribution in [-0.4, -0.2) is 39.6 Å². The largest absolute Gasteiger partial charge is 0.387 e. The molecule has 9 heteroatoms. The second kappa shape index (κ2) is 5.27. The molecule has 1 aromatic heterocycles. The van der Waals surface area contributed by atoms with Crippen LogP contribution in [-0.2, 0) is 9.26 Å². The van der Waals surface area contributed by atoms with E-state index in [0.717, 1.165) is 16.8 Å². The van der Waals surface area contributed by atoms with Gasteiger partial charge in [-0.3, -0.25) is 14.3 Å². The molecule has 0 saturated carbocycles. The fourth-order valence-corrected chi connectivity index (χ4v) is 1.98. The number of nitrogens with zero attached hydrogens (tertiary/aromatic N) is 1. The number of nitrogens with one attached hydrogen (secondary N) is 1. The van der Waals surface area contributed by atoms with Gasteiger partial charge in [0, 0.05) is 21.7 Å². The zero-order chi connectivity index (χ0) is 13.3. The Hall–Kier alpha value is -1.08. The molecular weight excluding hydrogens is 266 g/mol. The van der Waals surface area contributed by atoms with Crippen molar-refractivity contribution in [3.63, 3.8) is 0 Å². The maximum Gasteiger partial charge on any atom is 0.330 e. The van der Waals surface area contributed by atoms with Gasteiger partial charge in [-0.1, -0.05) is 0 Å². The van der Waals surface area contributed by atoms with Gasteiger partial charge < -0.3 is 14.4 Å². The highest BCUT2D eigenvalue weighted by molar-refractivity contribution is 7.09. The number of H-pyrrole nitrogens is 1. The van der Waals surface area contributed by atoms with Gasteiger partial charge in [0.1, 0.15) is 12.2 Å². The van der Waals surface area contributed by atoms with Crippen LogP contribution in [0, 0.1) is 0 Å². The summed E-state index contributed by atoms with van der Waals surface area (Å²) in [6, 6.07) is 1.07. The smallest absolute Gasteiger partial charge is 0.330 e. The number of rotatable bonds is 3. The summed E-state index contributed by atoms with van der Waals surface area (Å²) < 4.78 is 24.6. The van der Waals surface area contributed by atoms with Crippen molar-refractivity contribution in [2.24, 2.45) is 0 Å². The van der Waals surface area contributed by atoms with Crippen LogP contribution in [0.1, 0.15) is 6.23 Å². The molecule has 2 N–H and O–H groups in total. The van der Waals surface area contributed by atoms with Crippen LogP contribution in [0.4, 0.5) is 4.39 Å². The molecule has 0 amide bonds. The molecule has 18 heavy (non-hydrogen) atoms. The molecule has 2 rings (SSSR count). The molecule has 1 unspecified atom stereocenters. The molecule has 1 saturated heterocycles. The van der Waals surface area contributed by atoms with Crippen molar-refractivity contribution >= 4 is 9.47 Å². The molecule has 1 aliphatic rings. The molecule has 1 aromatic rings. The van der Waals surface area contributed by atoms with E-state index in [1.165, 1.54) is 0 Å². The van der Waals surface area contributed by atoms with Gasteiger partial charge in [0.15, 0.2) is 12.4 Å². The van der Waals surface area contributed by atoms with Crippen LogP contribution >= 0.6 is 9.47 Å². The molecule has 0 radical (unpaired) electrons. The summed E-state index contributed by atoms with van der Waals surface area (Å²) in [6.45, 7) is -0.0269. The second-order valence-electron chi connectivity index (χ2n) is 3.85. The van der Waals surface area contributed by atoms with E-state index in [9.17, 15) is 19.1 Å². The van der Waals surface area contributed by atoms with Gasteiger partial charge in [-0.15, -0.1) is 0 Å². The van der Waals surface area contributed by atoms with Crippen molar-refractivity contribution in [2.45, 2.75) is 24.6 Å². The third kappa shape index (κ3) is 2.37. The Labute approximate surface area is 103 Å². The fraction of sp³-hybridized carbons (Fsp3) is 0.556. The van der Waals surface area contributed by atoms with E-state index in [0.29, 0.717) is 0 Å². The van der Waals surface area contributed by atoms with Crippen LogP contribution in [0.5, 0.6) is 0 Å². The monoisotopic (exact) mass is 278 g/mol. The van der Waals surface area contributed by atoms with Gasteiger partial charge in [-0.2, -0.15) is 0 Å². The predicted molar refractivity (Wildman–Crippen MR) is 61.8 cm³/mol. The van der Waals surface area contributed by atoms with Crippen LogP contribution in [0.25, 0.3) is 0 Å². The van der Waals surface area contributed by atoms with Crippen LogP contribution < -0.4 is 11.2 Å². The highest BCUT2D eigenvalue weighted by Gasteiger charge is 2.45. The lowest BCUT2D eigenvalue weighted by Crippen LogP contribution is -2.35. The molecule has 1 aliphatic heterocycles. The number of aliphatic hydroxyl groups is 1. The van der Waals surface area contributed by atoms with Crippen molar-refractivity contribution in [1.82, 2.24) is 9.55 Å². The maximum absolute atomic E-state index is 13.8. The molecule has 0 aromatic carbocycles. The highest BCUT2D eigenvalue weighted by atomic mass is 31.0. The molecule has 2 heterocycles. The Morgan fingerprint density at radius 2 is 2.33 bits per heavy atom. The van der Waals surface area contributed by atoms with E-state index in [2.05, 4.69) is 0 Å². The Bertz CT molecular complexity index is 532. The summed E-state index contributed by atoms with van der Waals surface area (Å²) in [5.74, 6) is 0. The Morgan fingerprint density at radius 3 is 2.94 bits per heavy atom. The first kappa shape index (κ1) is 13.4. The molecule has 0 aliphatic carbocycles. The number of hydrogen-bond acceptors (Lipinski definition) is 5. The normalized spacial score (nSPS) is 31.7. The molecule has 0 spiro atoms. The first-order valence-corrected chi connectivity index (χ1v) is 5.62. The van der Waals surface area contributed by atoms with Gasteiger partial charge in [-0.05, 0) is 0 Å². The quantitative estimate of drug-likeness (QED) is 0.687. The number of aromatic nitrogens is 2. The SMILES string of the molecule is O=c1ccn([C@@H]2O[C@H](COP)[C@@H](O)[C@H]2F)c(=O)[nH]1. The standard InChI is InChI=1S/C9H12FN2O5P/c10-6-7(14)4(3-16-18)17-8(6)12-2-1-5(13)11-9(12)15/h1-2,4,6-8,14H,3,18H2,(H,11,13,15)/t4-,6-,7-,8-/m1/s1. The van der Waals surface area contributed by atoms with Crippen molar-refractivity contribution < 1.29 is 18.8 Å². The number of alkyl halides is 1. The van der Waals surface area contributed by atoms with Crippen LogP contribution in [0.15, 0.2) is 21.9 Å². The number of aromatic amines is 1. The van der Waals surface area contributed by atoms with Gasteiger partial charge in [0.25, 0.3) is 5.56 Å². The number of halogens is 1. The van der Waals surface area contributed by atoms with Crippen LogP contribution in [0.2, 0.25) is 0 Å². The number of ether oxygens (including phenoxy) is 1. The molecule has 100 valence electrons. The van der Waals surface area contributed by atoms with Gasteiger partial charge in [-0.25, -0.2) is 9.18 Å². The van der Waals surface area contributed by atoms with Crippen LogP contribution in [0.3, 0.4) is 0 Å². The van der Waals surface area contributed by atoms with E-state index in [1.807, 2.05) is 14.5 Å². The Morgan fingerprint density at radius 1 is 1.61 bits per heavy atom. The minimum Gasteiger partial charge on any atom is -0.387 e. The van der Waals surface area contributed by atoms with Gasteiger partial charge in [0.2, 0.25) is 0 Å². The predicted octanol–water partition coefficient (Wildman–Crippen LogP) is -1.06. The van der Waals surface area contributed by atoms with E-state index in [1.54, 1.807) is 0 Å². The summed E-state index contributed by atoms with van der Waals surface area (Å²) in [5, 5.41) is 9.59. The minimum absolute atomic E-state index is 0.0269. The lowest BCUT2D eigenvalue weighted by molar-refractivity contribution is -0.0422. The first-order valence-electron chi connectivity index (χ1n) is 5.15. The van der Waals surface area contributed by atoms with Crippen molar-refractivity contribution in [3.05, 3.63) is 33.1 Å². The third-order valence-corrected chi connectivity index (χ3v) is 2.87. The Kier molecular flexibility index (Phi) is 3.91. The summed E-state index contributed by atoms with van der Waals surface area (Å²) in [6.07, 6.45) is -4.21. The highest BCUT2D eigenvalue weighted by Crippen LogP contribution is 2.31. The third-order valence-electron chi connectivity index (χ3n) is 2.68. The van der Waals surface area contributed by atoms with Gasteiger partial charge >= 0.3 is 5.69 Å². The molecule has 7 nitrogen and oxygen atoms in total. The second-order valence-corrected chi connectivity index (χ2v) is 4.18. The number of aliphatic hydroxyl groups excluding tert-OH is 1. The maximum atomic E-state index is 13.8. The first-order chi connectivity index (χ1) is 8.54. The summed E-state index contributed by atoms with van der Waals surface area (Å²) in [7, 11) is 1.96. The van der Waals surface area contributed by atoms with Crippen molar-refractivity contribution in [3.8, 4) is 0 Å². The lowest BCUT2D eigenvalue weighted by Gasteiger charge is -2.15. The Balaban J connectivity index is 2.29. The zero-order valence-electron chi connectivity index (χ0n) is 9.15. The van der Waals surface area contributed by atoms with E-state index in [-0.39, 0.29) is 6.61 Å². The molecule has 0 bridgehead atoms. The molecular formula is C9H12FN2O5P. The van der Waals surface area contributed by atoms with E-state index < -0.39 is 35.9 Å².